The standard InChI is InChI=1S/C13H20O2Si/c1-16(2,3)11-5-4-8-13(15)9-6-12(14)7-10-13/h12,14-15H,6-7,9-10H2,1-3H3. The Bertz CT molecular complexity index is 351. The van der Waals surface area contributed by atoms with Crippen LogP contribution in [0.1, 0.15) is 25.7 Å². The Kier molecular flexibility index (Phi) is 4.21. The minimum absolute atomic E-state index is 0.268. The van der Waals surface area contributed by atoms with Gasteiger partial charge in [0.15, 0.2) is 0 Å². The number of aliphatic hydroxyl groups is 2. The molecule has 1 aliphatic rings. The largest absolute Gasteiger partial charge is 0.393 e. The van der Waals surface area contributed by atoms with Gasteiger partial charge in [-0.25, -0.2) is 0 Å². The van der Waals surface area contributed by atoms with Crippen LogP contribution in [0.5, 0.6) is 0 Å². The van der Waals surface area contributed by atoms with E-state index in [0.717, 1.165) is 0 Å². The first-order valence-electron chi connectivity index (χ1n) is 5.76. The summed E-state index contributed by atoms with van der Waals surface area (Å²) in [6.45, 7) is 6.48. The Labute approximate surface area is 99.1 Å². The molecule has 1 rings (SSSR count). The van der Waals surface area contributed by atoms with Crippen molar-refractivity contribution in [2.75, 3.05) is 0 Å². The highest BCUT2D eigenvalue weighted by Gasteiger charge is 2.30. The van der Waals surface area contributed by atoms with E-state index in [2.05, 4.69) is 42.9 Å². The van der Waals surface area contributed by atoms with E-state index >= 15 is 0 Å². The normalized spacial score (nSPS) is 29.7. The van der Waals surface area contributed by atoms with Crippen molar-refractivity contribution in [1.29, 1.82) is 0 Å². The molecule has 16 heavy (non-hydrogen) atoms. The summed E-state index contributed by atoms with van der Waals surface area (Å²) < 4.78 is 0. The molecule has 0 atom stereocenters. The summed E-state index contributed by atoms with van der Waals surface area (Å²) >= 11 is 0. The van der Waals surface area contributed by atoms with Gasteiger partial charge in [-0.2, -0.15) is 0 Å². The van der Waals surface area contributed by atoms with Crippen molar-refractivity contribution in [3.63, 3.8) is 0 Å². The van der Waals surface area contributed by atoms with Crippen LogP contribution < -0.4 is 0 Å². The molecule has 0 unspecified atom stereocenters. The molecule has 0 aromatic heterocycles. The third-order valence-electron chi connectivity index (χ3n) is 2.58. The second kappa shape index (κ2) is 5.06. The lowest BCUT2D eigenvalue weighted by atomic mass is 9.84. The van der Waals surface area contributed by atoms with Gasteiger partial charge in [0.05, 0.1) is 6.10 Å². The summed E-state index contributed by atoms with van der Waals surface area (Å²) in [7, 11) is -1.36. The van der Waals surface area contributed by atoms with E-state index in [1.807, 2.05) is 0 Å². The highest BCUT2D eigenvalue weighted by Crippen LogP contribution is 2.27. The number of hydrogen-bond acceptors (Lipinski definition) is 2. The molecule has 0 saturated heterocycles. The molecule has 0 aliphatic heterocycles. The van der Waals surface area contributed by atoms with Crippen molar-refractivity contribution < 1.29 is 10.2 Å². The fraction of sp³-hybridized carbons (Fsp3) is 0.692. The highest BCUT2D eigenvalue weighted by molar-refractivity contribution is 6.83. The SMILES string of the molecule is C[Si](C)(C)C#CC#CC1(O)CCC(O)CC1. The zero-order valence-corrected chi connectivity index (χ0v) is 11.3. The van der Waals surface area contributed by atoms with Gasteiger partial charge >= 0.3 is 0 Å². The van der Waals surface area contributed by atoms with Gasteiger partial charge in [-0.05, 0) is 37.5 Å². The van der Waals surface area contributed by atoms with Gasteiger partial charge in [0.1, 0.15) is 13.7 Å². The molecular weight excluding hydrogens is 216 g/mol. The molecule has 1 aliphatic carbocycles. The summed E-state index contributed by atoms with van der Waals surface area (Å²) in [5.41, 5.74) is 2.22. The van der Waals surface area contributed by atoms with Crippen LogP contribution >= 0.6 is 0 Å². The van der Waals surface area contributed by atoms with Crippen LogP contribution in [0, 0.1) is 23.3 Å². The van der Waals surface area contributed by atoms with Crippen LogP contribution in [-0.2, 0) is 0 Å². The number of rotatable bonds is 0. The minimum Gasteiger partial charge on any atom is -0.393 e. The van der Waals surface area contributed by atoms with Crippen LogP contribution in [0.4, 0.5) is 0 Å². The maximum absolute atomic E-state index is 10.1. The zero-order chi connectivity index (χ0) is 12.2. The quantitative estimate of drug-likeness (QED) is 0.495. The Morgan fingerprint density at radius 1 is 1.12 bits per heavy atom. The van der Waals surface area contributed by atoms with Crippen LogP contribution in [0.3, 0.4) is 0 Å². The lowest BCUT2D eigenvalue weighted by Gasteiger charge is -2.29. The van der Waals surface area contributed by atoms with E-state index in [-0.39, 0.29) is 6.10 Å². The number of aliphatic hydroxyl groups excluding tert-OH is 1. The number of hydrogen-bond donors (Lipinski definition) is 2. The maximum Gasteiger partial charge on any atom is 0.130 e. The molecule has 0 amide bonds. The summed E-state index contributed by atoms with van der Waals surface area (Å²) in [5.74, 6) is 8.43. The maximum atomic E-state index is 10.1. The molecular formula is C13H20O2Si. The van der Waals surface area contributed by atoms with Crippen molar-refractivity contribution in [3.05, 3.63) is 0 Å². The van der Waals surface area contributed by atoms with Crippen LogP contribution in [0.2, 0.25) is 19.6 Å². The average molecular weight is 236 g/mol. The predicted octanol–water partition coefficient (Wildman–Crippen LogP) is 1.54. The average Bonchev–Trinajstić information content (AvgIpc) is 2.17. The second-order valence-corrected chi connectivity index (χ2v) is 10.3. The van der Waals surface area contributed by atoms with Gasteiger partial charge < -0.3 is 10.2 Å². The van der Waals surface area contributed by atoms with Crippen molar-refractivity contribution >= 4 is 8.07 Å². The summed E-state index contributed by atoms with van der Waals surface area (Å²) in [4.78, 5) is 0. The van der Waals surface area contributed by atoms with E-state index in [0.29, 0.717) is 25.7 Å². The van der Waals surface area contributed by atoms with Gasteiger partial charge in [0.2, 0.25) is 0 Å². The highest BCUT2D eigenvalue weighted by atomic mass is 28.3. The third kappa shape index (κ3) is 4.85. The third-order valence-corrected chi connectivity index (χ3v) is 3.45. The van der Waals surface area contributed by atoms with Crippen molar-refractivity contribution in [3.8, 4) is 23.3 Å². The molecule has 2 nitrogen and oxygen atoms in total. The van der Waals surface area contributed by atoms with E-state index in [4.69, 9.17) is 0 Å². The molecule has 1 saturated carbocycles. The summed E-state index contributed by atoms with van der Waals surface area (Å²) in [5, 5.41) is 19.4. The Morgan fingerprint density at radius 2 is 1.69 bits per heavy atom. The lowest BCUT2D eigenvalue weighted by Crippen LogP contribution is -2.34. The topological polar surface area (TPSA) is 40.5 Å². The van der Waals surface area contributed by atoms with Gasteiger partial charge in [-0.3, -0.25) is 0 Å². The summed E-state index contributed by atoms with van der Waals surface area (Å²) in [6, 6.07) is 0. The van der Waals surface area contributed by atoms with Gasteiger partial charge in [-0.1, -0.05) is 25.6 Å². The molecule has 1 fully saturated rings. The molecule has 0 heterocycles. The van der Waals surface area contributed by atoms with Gasteiger partial charge in [0, 0.05) is 0 Å². The van der Waals surface area contributed by atoms with Gasteiger partial charge in [0.25, 0.3) is 0 Å². The Morgan fingerprint density at radius 3 is 2.19 bits per heavy atom. The Hall–Kier alpha value is -0.743. The zero-order valence-electron chi connectivity index (χ0n) is 10.3. The monoisotopic (exact) mass is 236 g/mol. The van der Waals surface area contributed by atoms with Crippen molar-refractivity contribution in [2.24, 2.45) is 0 Å². The molecule has 0 aromatic carbocycles. The molecule has 2 N–H and O–H groups in total. The fourth-order valence-corrected chi connectivity index (χ4v) is 2.01. The van der Waals surface area contributed by atoms with Crippen molar-refractivity contribution in [1.82, 2.24) is 0 Å². The smallest absolute Gasteiger partial charge is 0.130 e. The van der Waals surface area contributed by atoms with Crippen LogP contribution in [0.25, 0.3) is 0 Å². The summed E-state index contributed by atoms with van der Waals surface area (Å²) in [6.07, 6.45) is 2.10. The second-order valence-electron chi connectivity index (χ2n) is 5.51. The van der Waals surface area contributed by atoms with Crippen molar-refractivity contribution in [2.45, 2.75) is 57.0 Å². The first kappa shape index (κ1) is 13.3. The van der Waals surface area contributed by atoms with Gasteiger partial charge in [-0.15, -0.1) is 5.54 Å². The fourth-order valence-electron chi connectivity index (χ4n) is 1.57. The lowest BCUT2D eigenvalue weighted by molar-refractivity contribution is 0.0104. The van der Waals surface area contributed by atoms with Crippen LogP contribution in [-0.4, -0.2) is 30.0 Å². The van der Waals surface area contributed by atoms with E-state index < -0.39 is 13.7 Å². The first-order chi connectivity index (χ1) is 7.31. The molecule has 3 heteroatoms. The molecule has 0 aromatic rings. The minimum atomic E-state index is -1.36. The molecule has 0 radical (unpaired) electrons. The first-order valence-corrected chi connectivity index (χ1v) is 9.26. The molecule has 0 spiro atoms. The van der Waals surface area contributed by atoms with E-state index in [1.54, 1.807) is 0 Å². The Balaban J connectivity index is 2.59. The van der Waals surface area contributed by atoms with E-state index in [9.17, 15) is 10.2 Å². The van der Waals surface area contributed by atoms with Crippen LogP contribution in [0.15, 0.2) is 0 Å². The predicted molar refractivity (Wildman–Crippen MR) is 68.3 cm³/mol. The van der Waals surface area contributed by atoms with E-state index in [1.165, 1.54) is 0 Å². The molecule has 0 bridgehead atoms. The molecule has 88 valence electrons.